The van der Waals surface area contributed by atoms with Crippen LogP contribution in [0.1, 0.15) is 26.7 Å². The Bertz CT molecular complexity index is 192. The van der Waals surface area contributed by atoms with Crippen LogP contribution in [-0.4, -0.2) is 11.1 Å². The normalized spacial score (nSPS) is 13.2. The largest absolute Gasteiger partial charge is 0.481 e. The van der Waals surface area contributed by atoms with Crippen LogP contribution in [-0.2, 0) is 4.79 Å². The van der Waals surface area contributed by atoms with E-state index in [0.717, 1.165) is 5.57 Å². The standard InChI is InChI=1S/C10H16O2/c1-4-5-6-9(10(11)12)7-8(2)3/h4-5,9H,2,6-7H2,1,3H3,(H,11,12)/b5-4+. The van der Waals surface area contributed by atoms with E-state index in [1.165, 1.54) is 0 Å². The van der Waals surface area contributed by atoms with Gasteiger partial charge in [-0.25, -0.2) is 0 Å². The first-order chi connectivity index (χ1) is 5.57. The lowest BCUT2D eigenvalue weighted by atomic mass is 9.98. The van der Waals surface area contributed by atoms with Crippen molar-refractivity contribution in [3.63, 3.8) is 0 Å². The summed E-state index contributed by atoms with van der Waals surface area (Å²) < 4.78 is 0. The van der Waals surface area contributed by atoms with Gasteiger partial charge in [0.2, 0.25) is 0 Å². The summed E-state index contributed by atoms with van der Waals surface area (Å²) in [7, 11) is 0. The van der Waals surface area contributed by atoms with Crippen LogP contribution in [0.4, 0.5) is 0 Å². The van der Waals surface area contributed by atoms with Crippen molar-refractivity contribution < 1.29 is 9.90 Å². The van der Waals surface area contributed by atoms with Gasteiger partial charge in [-0.2, -0.15) is 0 Å². The first kappa shape index (κ1) is 11.0. The molecule has 0 fully saturated rings. The molecule has 2 nitrogen and oxygen atoms in total. The van der Waals surface area contributed by atoms with Gasteiger partial charge in [0.25, 0.3) is 0 Å². The van der Waals surface area contributed by atoms with Gasteiger partial charge < -0.3 is 5.11 Å². The Kier molecular flexibility index (Phi) is 5.09. The molecule has 0 heterocycles. The predicted molar refractivity (Wildman–Crippen MR) is 50.0 cm³/mol. The van der Waals surface area contributed by atoms with E-state index in [9.17, 15) is 4.79 Å². The lowest BCUT2D eigenvalue weighted by Crippen LogP contribution is -2.12. The van der Waals surface area contributed by atoms with E-state index in [0.29, 0.717) is 12.8 Å². The highest BCUT2D eigenvalue weighted by Gasteiger charge is 2.14. The number of carboxylic acids is 1. The average Bonchev–Trinajstić information content (AvgIpc) is 1.96. The summed E-state index contributed by atoms with van der Waals surface area (Å²) in [6.45, 7) is 7.44. The Hall–Kier alpha value is -1.05. The molecule has 68 valence electrons. The topological polar surface area (TPSA) is 37.3 Å². The first-order valence-electron chi connectivity index (χ1n) is 4.06. The van der Waals surface area contributed by atoms with Crippen LogP contribution in [0.25, 0.3) is 0 Å². The zero-order chi connectivity index (χ0) is 9.56. The fraction of sp³-hybridized carbons (Fsp3) is 0.500. The molecule has 2 heteroatoms. The van der Waals surface area contributed by atoms with Gasteiger partial charge in [-0.1, -0.05) is 17.7 Å². The molecule has 0 radical (unpaired) electrons. The van der Waals surface area contributed by atoms with E-state index in [1.807, 2.05) is 26.0 Å². The van der Waals surface area contributed by atoms with E-state index < -0.39 is 5.97 Å². The minimum Gasteiger partial charge on any atom is -0.481 e. The summed E-state index contributed by atoms with van der Waals surface area (Å²) in [4.78, 5) is 10.7. The minimum absolute atomic E-state index is 0.307. The number of hydrogen-bond donors (Lipinski definition) is 1. The van der Waals surface area contributed by atoms with Crippen molar-refractivity contribution >= 4 is 5.97 Å². The van der Waals surface area contributed by atoms with Crippen molar-refractivity contribution in [2.45, 2.75) is 26.7 Å². The van der Waals surface area contributed by atoms with Crippen molar-refractivity contribution in [1.82, 2.24) is 0 Å². The molecule has 0 aliphatic carbocycles. The van der Waals surface area contributed by atoms with Gasteiger partial charge in [-0.05, 0) is 26.7 Å². The molecular weight excluding hydrogens is 152 g/mol. The lowest BCUT2D eigenvalue weighted by molar-refractivity contribution is -0.141. The number of hydrogen-bond acceptors (Lipinski definition) is 1. The summed E-state index contributed by atoms with van der Waals surface area (Å²) in [5.74, 6) is -1.05. The first-order valence-corrected chi connectivity index (χ1v) is 4.06. The fourth-order valence-corrected chi connectivity index (χ4v) is 0.992. The summed E-state index contributed by atoms with van der Waals surface area (Å²) in [6, 6.07) is 0. The summed E-state index contributed by atoms with van der Waals surface area (Å²) in [6.07, 6.45) is 4.91. The number of carboxylic acid groups (broad SMARTS) is 1. The lowest BCUT2D eigenvalue weighted by Gasteiger charge is -2.08. The van der Waals surface area contributed by atoms with Crippen LogP contribution < -0.4 is 0 Å². The third-order valence-corrected chi connectivity index (χ3v) is 1.60. The van der Waals surface area contributed by atoms with Crippen molar-refractivity contribution in [2.75, 3.05) is 0 Å². The highest BCUT2D eigenvalue weighted by Crippen LogP contribution is 2.14. The number of carbonyl (C=O) groups is 1. The van der Waals surface area contributed by atoms with Gasteiger partial charge in [0.15, 0.2) is 0 Å². The number of allylic oxidation sites excluding steroid dienone is 3. The second kappa shape index (κ2) is 5.58. The predicted octanol–water partition coefficient (Wildman–Crippen LogP) is 2.62. The van der Waals surface area contributed by atoms with E-state index in [2.05, 4.69) is 6.58 Å². The summed E-state index contributed by atoms with van der Waals surface area (Å²) in [5.41, 5.74) is 0.923. The molecular formula is C10H16O2. The van der Waals surface area contributed by atoms with Crippen LogP contribution in [0, 0.1) is 5.92 Å². The Morgan fingerprint density at radius 3 is 2.58 bits per heavy atom. The molecule has 0 aromatic rings. The van der Waals surface area contributed by atoms with Gasteiger partial charge in [-0.3, -0.25) is 4.79 Å². The van der Waals surface area contributed by atoms with Gasteiger partial charge >= 0.3 is 5.97 Å². The van der Waals surface area contributed by atoms with Crippen LogP contribution in [0.5, 0.6) is 0 Å². The highest BCUT2D eigenvalue weighted by atomic mass is 16.4. The maximum absolute atomic E-state index is 10.7. The fourth-order valence-electron chi connectivity index (χ4n) is 0.992. The van der Waals surface area contributed by atoms with Crippen LogP contribution in [0.2, 0.25) is 0 Å². The maximum atomic E-state index is 10.7. The molecule has 0 aliphatic rings. The Morgan fingerprint density at radius 1 is 1.67 bits per heavy atom. The van der Waals surface area contributed by atoms with Gasteiger partial charge in [0.1, 0.15) is 0 Å². The van der Waals surface area contributed by atoms with Crippen molar-refractivity contribution in [3.05, 3.63) is 24.3 Å². The Morgan fingerprint density at radius 2 is 2.25 bits per heavy atom. The molecule has 0 spiro atoms. The van der Waals surface area contributed by atoms with E-state index >= 15 is 0 Å². The van der Waals surface area contributed by atoms with Crippen molar-refractivity contribution in [2.24, 2.45) is 5.92 Å². The van der Waals surface area contributed by atoms with Crippen molar-refractivity contribution in [1.29, 1.82) is 0 Å². The molecule has 0 bridgehead atoms. The second-order valence-corrected chi connectivity index (χ2v) is 3.00. The Balaban J connectivity index is 4.04. The molecule has 0 aromatic heterocycles. The van der Waals surface area contributed by atoms with E-state index in [1.54, 1.807) is 0 Å². The molecule has 0 aliphatic heterocycles. The smallest absolute Gasteiger partial charge is 0.307 e. The van der Waals surface area contributed by atoms with Gasteiger partial charge in [-0.15, -0.1) is 6.58 Å². The molecule has 1 N–H and O–H groups in total. The quantitative estimate of drug-likeness (QED) is 0.641. The molecule has 0 rings (SSSR count). The Labute approximate surface area is 73.6 Å². The third kappa shape index (κ3) is 4.72. The highest BCUT2D eigenvalue weighted by molar-refractivity contribution is 5.70. The number of rotatable bonds is 5. The van der Waals surface area contributed by atoms with Gasteiger partial charge in [0, 0.05) is 0 Å². The van der Waals surface area contributed by atoms with Crippen molar-refractivity contribution in [3.8, 4) is 0 Å². The molecule has 0 amide bonds. The van der Waals surface area contributed by atoms with Crippen LogP contribution >= 0.6 is 0 Å². The zero-order valence-electron chi connectivity index (χ0n) is 7.71. The maximum Gasteiger partial charge on any atom is 0.307 e. The third-order valence-electron chi connectivity index (χ3n) is 1.60. The van der Waals surface area contributed by atoms with Crippen LogP contribution in [0.15, 0.2) is 24.3 Å². The molecule has 12 heavy (non-hydrogen) atoms. The number of aliphatic carboxylic acids is 1. The SMILES string of the molecule is C=C(C)CC(C/C=C/C)C(=O)O. The monoisotopic (exact) mass is 168 g/mol. The molecule has 1 unspecified atom stereocenters. The van der Waals surface area contributed by atoms with E-state index in [4.69, 9.17) is 5.11 Å². The minimum atomic E-state index is -0.740. The molecule has 0 aromatic carbocycles. The van der Waals surface area contributed by atoms with E-state index in [-0.39, 0.29) is 5.92 Å². The van der Waals surface area contributed by atoms with Gasteiger partial charge in [0.05, 0.1) is 5.92 Å². The molecule has 1 atom stereocenters. The average molecular weight is 168 g/mol. The summed E-state index contributed by atoms with van der Waals surface area (Å²) >= 11 is 0. The zero-order valence-corrected chi connectivity index (χ0v) is 7.71. The second-order valence-electron chi connectivity index (χ2n) is 3.00. The van der Waals surface area contributed by atoms with Crippen LogP contribution in [0.3, 0.4) is 0 Å². The molecule has 0 saturated carbocycles. The summed E-state index contributed by atoms with van der Waals surface area (Å²) in [5, 5.41) is 8.77. The molecule has 0 saturated heterocycles.